The van der Waals surface area contributed by atoms with Crippen LogP contribution in [0.25, 0.3) is 0 Å². The van der Waals surface area contributed by atoms with Gasteiger partial charge in [-0.2, -0.15) is 0 Å². The molecule has 2 aromatic rings. The van der Waals surface area contributed by atoms with E-state index in [0.29, 0.717) is 24.5 Å². The molecule has 0 aliphatic carbocycles. The zero-order valence-electron chi connectivity index (χ0n) is 16.0. The van der Waals surface area contributed by atoms with Gasteiger partial charge in [-0.05, 0) is 38.0 Å². The number of hydrogen-bond acceptors (Lipinski definition) is 5. The molecule has 1 heterocycles. The van der Waals surface area contributed by atoms with Gasteiger partial charge in [-0.15, -0.1) is 11.3 Å². The lowest BCUT2D eigenvalue weighted by Crippen LogP contribution is -2.41. The third-order valence-electron chi connectivity index (χ3n) is 3.83. The number of amides is 1. The molecule has 1 aromatic heterocycles. The minimum atomic E-state index is -0.0850. The number of benzene rings is 1. The van der Waals surface area contributed by atoms with Gasteiger partial charge in [0.1, 0.15) is 10.6 Å². The summed E-state index contributed by atoms with van der Waals surface area (Å²) in [6.45, 7) is 6.42. The van der Waals surface area contributed by atoms with Crippen LogP contribution in [-0.2, 0) is 6.42 Å². The fraction of sp³-hybridized carbons (Fsp3) is 0.421. The highest BCUT2D eigenvalue weighted by molar-refractivity contribution is 7.11. The zero-order valence-corrected chi connectivity index (χ0v) is 16.9. The first-order valence-electron chi connectivity index (χ1n) is 8.97. The predicted molar refractivity (Wildman–Crippen MR) is 110 cm³/mol. The van der Waals surface area contributed by atoms with Gasteiger partial charge in [-0.1, -0.05) is 12.1 Å². The molecule has 1 amide bonds. The third kappa shape index (κ3) is 6.90. The number of nitrogens with one attached hydrogen (secondary N) is 3. The second kappa shape index (κ2) is 11.2. The third-order valence-corrected chi connectivity index (χ3v) is 4.76. The summed E-state index contributed by atoms with van der Waals surface area (Å²) in [4.78, 5) is 21.4. The van der Waals surface area contributed by atoms with Gasteiger partial charge in [0.2, 0.25) is 0 Å². The summed E-state index contributed by atoms with van der Waals surface area (Å²) >= 11 is 1.35. The molecule has 0 fully saturated rings. The van der Waals surface area contributed by atoms with Crippen LogP contribution in [0.2, 0.25) is 0 Å². The van der Waals surface area contributed by atoms with E-state index < -0.39 is 0 Å². The van der Waals surface area contributed by atoms with Crippen molar-refractivity contribution >= 4 is 23.2 Å². The number of rotatable bonds is 9. The summed E-state index contributed by atoms with van der Waals surface area (Å²) in [5.41, 5.74) is 3.66. The van der Waals surface area contributed by atoms with Crippen LogP contribution in [0, 0.1) is 6.92 Å². The van der Waals surface area contributed by atoms with Crippen molar-refractivity contribution in [2.24, 2.45) is 4.99 Å². The van der Waals surface area contributed by atoms with Crippen molar-refractivity contribution in [1.82, 2.24) is 20.9 Å². The minimum Gasteiger partial charge on any atom is -0.497 e. The van der Waals surface area contributed by atoms with Gasteiger partial charge >= 0.3 is 0 Å². The molecule has 0 aliphatic heterocycles. The predicted octanol–water partition coefficient (Wildman–Crippen LogP) is 1.99. The molecule has 1 aromatic carbocycles. The normalized spacial score (nSPS) is 11.1. The van der Waals surface area contributed by atoms with Crippen LogP contribution in [0.15, 0.2) is 34.8 Å². The summed E-state index contributed by atoms with van der Waals surface area (Å²) < 4.78 is 5.17. The van der Waals surface area contributed by atoms with Gasteiger partial charge < -0.3 is 20.7 Å². The number of aromatic nitrogens is 1. The fourth-order valence-electron chi connectivity index (χ4n) is 2.39. The second-order valence-electron chi connectivity index (χ2n) is 5.81. The Morgan fingerprint density at radius 1 is 1.19 bits per heavy atom. The molecule has 146 valence electrons. The van der Waals surface area contributed by atoms with Gasteiger partial charge in [0.05, 0.1) is 18.3 Å². The van der Waals surface area contributed by atoms with Crippen LogP contribution in [-0.4, -0.2) is 50.1 Å². The number of ether oxygens (including phenoxy) is 1. The Balaban J connectivity index is 1.74. The van der Waals surface area contributed by atoms with Gasteiger partial charge in [0, 0.05) is 26.2 Å². The van der Waals surface area contributed by atoms with Crippen molar-refractivity contribution in [3.05, 3.63) is 45.9 Å². The fourth-order valence-corrected chi connectivity index (χ4v) is 3.11. The summed E-state index contributed by atoms with van der Waals surface area (Å²) in [6.07, 6.45) is 0.849. The lowest BCUT2D eigenvalue weighted by molar-refractivity contribution is 0.0957. The molecule has 0 bridgehead atoms. The van der Waals surface area contributed by atoms with E-state index in [2.05, 4.69) is 25.9 Å². The maximum Gasteiger partial charge on any atom is 0.263 e. The summed E-state index contributed by atoms with van der Waals surface area (Å²) in [5.74, 6) is 1.51. The van der Waals surface area contributed by atoms with E-state index in [1.165, 1.54) is 16.9 Å². The first-order chi connectivity index (χ1) is 13.1. The van der Waals surface area contributed by atoms with E-state index in [1.54, 1.807) is 12.6 Å². The molecule has 8 heteroatoms. The lowest BCUT2D eigenvalue weighted by Gasteiger charge is -2.12. The van der Waals surface area contributed by atoms with Crippen molar-refractivity contribution in [1.29, 1.82) is 0 Å². The van der Waals surface area contributed by atoms with E-state index >= 15 is 0 Å². The smallest absolute Gasteiger partial charge is 0.263 e. The van der Waals surface area contributed by atoms with E-state index in [0.717, 1.165) is 30.4 Å². The molecule has 0 atom stereocenters. The largest absolute Gasteiger partial charge is 0.497 e. The first-order valence-corrected chi connectivity index (χ1v) is 9.85. The molecule has 3 N–H and O–H groups in total. The maximum absolute atomic E-state index is 12.0. The van der Waals surface area contributed by atoms with Gasteiger partial charge in [-0.25, -0.2) is 4.98 Å². The quantitative estimate of drug-likeness (QED) is 0.347. The van der Waals surface area contributed by atoms with Gasteiger partial charge in [-0.3, -0.25) is 9.79 Å². The Morgan fingerprint density at radius 2 is 1.93 bits per heavy atom. The van der Waals surface area contributed by atoms with Crippen LogP contribution in [0.4, 0.5) is 0 Å². The molecule has 0 unspecified atom stereocenters. The molecule has 0 aliphatic rings. The summed E-state index contributed by atoms with van der Waals surface area (Å²) in [6, 6.07) is 8.00. The molecule has 27 heavy (non-hydrogen) atoms. The summed E-state index contributed by atoms with van der Waals surface area (Å²) in [5, 5.41) is 9.33. The van der Waals surface area contributed by atoms with Crippen LogP contribution in [0.3, 0.4) is 0 Å². The number of carbonyl (C=O) groups is 1. The number of aliphatic imine (C=N–C) groups is 1. The highest BCUT2D eigenvalue weighted by atomic mass is 32.1. The van der Waals surface area contributed by atoms with E-state index in [9.17, 15) is 4.79 Å². The van der Waals surface area contributed by atoms with E-state index in [4.69, 9.17) is 4.74 Å². The average molecular weight is 390 g/mol. The molecule has 2 rings (SSSR count). The van der Waals surface area contributed by atoms with Crippen LogP contribution < -0.4 is 20.7 Å². The number of aryl methyl sites for hydroxylation is 1. The van der Waals surface area contributed by atoms with E-state index in [1.807, 2.05) is 38.1 Å². The number of methoxy groups -OCH3 is 1. The topological polar surface area (TPSA) is 87.6 Å². The van der Waals surface area contributed by atoms with Crippen LogP contribution in [0.5, 0.6) is 5.75 Å². The first kappa shape index (κ1) is 20.7. The Kier molecular flexibility index (Phi) is 8.57. The zero-order chi connectivity index (χ0) is 19.5. The van der Waals surface area contributed by atoms with Crippen molar-refractivity contribution < 1.29 is 9.53 Å². The molecule has 7 nitrogen and oxygen atoms in total. The summed E-state index contributed by atoms with van der Waals surface area (Å²) in [7, 11) is 1.66. The van der Waals surface area contributed by atoms with Crippen molar-refractivity contribution in [2.45, 2.75) is 20.3 Å². The monoisotopic (exact) mass is 389 g/mol. The number of thiazole rings is 1. The number of guanidine groups is 1. The number of nitrogens with zero attached hydrogens (tertiary/aromatic N) is 2. The Morgan fingerprint density at radius 3 is 2.56 bits per heavy atom. The minimum absolute atomic E-state index is 0.0850. The number of carbonyl (C=O) groups excluding carboxylic acids is 1. The van der Waals surface area contributed by atoms with Crippen molar-refractivity contribution in [3.8, 4) is 5.75 Å². The Hall–Kier alpha value is -2.61. The van der Waals surface area contributed by atoms with Gasteiger partial charge in [0.15, 0.2) is 5.96 Å². The van der Waals surface area contributed by atoms with E-state index in [-0.39, 0.29) is 5.91 Å². The second-order valence-corrected chi connectivity index (χ2v) is 6.66. The highest BCUT2D eigenvalue weighted by Crippen LogP contribution is 2.12. The Bertz CT molecular complexity index is 743. The molecule has 0 radical (unpaired) electrons. The van der Waals surface area contributed by atoms with Crippen molar-refractivity contribution in [2.75, 3.05) is 33.3 Å². The Labute approximate surface area is 164 Å². The molecule has 0 saturated carbocycles. The molecule has 0 saturated heterocycles. The van der Waals surface area contributed by atoms with Crippen molar-refractivity contribution in [3.63, 3.8) is 0 Å². The number of hydrogen-bond donors (Lipinski definition) is 3. The SMILES string of the molecule is CCNC(=NCCc1ccc(OC)cc1)NCCNC(=O)c1scnc1C. The van der Waals surface area contributed by atoms with Gasteiger partial charge in [0.25, 0.3) is 5.91 Å². The molecular formula is C19H27N5O2S. The molecular weight excluding hydrogens is 362 g/mol. The molecule has 0 spiro atoms. The average Bonchev–Trinajstić information content (AvgIpc) is 3.11. The van der Waals surface area contributed by atoms with Crippen LogP contribution in [0.1, 0.15) is 27.9 Å². The van der Waals surface area contributed by atoms with Crippen LogP contribution >= 0.6 is 11.3 Å². The maximum atomic E-state index is 12.0. The highest BCUT2D eigenvalue weighted by Gasteiger charge is 2.10. The lowest BCUT2D eigenvalue weighted by atomic mass is 10.1. The standard InChI is InChI=1S/C19H27N5O2S/c1-4-20-19(22-10-9-15-5-7-16(26-3)8-6-15)23-12-11-21-18(25)17-14(2)24-13-27-17/h5-8,13H,4,9-12H2,1-3H3,(H,21,25)(H2,20,22,23).